The molecule has 0 amide bonds. The zero-order chi connectivity index (χ0) is 10.7. The van der Waals surface area contributed by atoms with Gasteiger partial charge in [0.2, 0.25) is 0 Å². The van der Waals surface area contributed by atoms with Crippen LogP contribution >= 0.6 is 11.6 Å². The van der Waals surface area contributed by atoms with Gasteiger partial charge in [0.05, 0.1) is 30.5 Å². The molecule has 0 aliphatic carbocycles. The van der Waals surface area contributed by atoms with Crippen LogP contribution in [0, 0.1) is 0 Å². The fraction of sp³-hybridized carbons (Fsp3) is 0.444. The van der Waals surface area contributed by atoms with Crippen molar-refractivity contribution in [3.05, 3.63) is 30.1 Å². The van der Waals surface area contributed by atoms with Crippen molar-refractivity contribution in [1.29, 1.82) is 0 Å². The van der Waals surface area contributed by atoms with Crippen molar-refractivity contribution in [2.24, 2.45) is 7.05 Å². The molecular formula is C9H12ClN5. The largest absolute Gasteiger partial charge is 0.336 e. The van der Waals surface area contributed by atoms with Crippen LogP contribution in [-0.4, -0.2) is 30.4 Å². The zero-order valence-electron chi connectivity index (χ0n) is 8.47. The summed E-state index contributed by atoms with van der Waals surface area (Å²) in [4.78, 5) is 4.04. The van der Waals surface area contributed by atoms with Crippen LogP contribution in [0.25, 0.3) is 0 Å². The number of alkyl halides is 1. The second-order valence-electron chi connectivity index (χ2n) is 3.34. The van der Waals surface area contributed by atoms with Crippen molar-refractivity contribution in [2.45, 2.75) is 13.0 Å². The summed E-state index contributed by atoms with van der Waals surface area (Å²) in [6.07, 6.45) is 6.26. The molecule has 0 aromatic carbocycles. The highest BCUT2D eigenvalue weighted by Crippen LogP contribution is 2.01. The van der Waals surface area contributed by atoms with E-state index in [0.717, 1.165) is 17.8 Å². The van der Waals surface area contributed by atoms with E-state index < -0.39 is 0 Å². The highest BCUT2D eigenvalue weighted by molar-refractivity contribution is 6.17. The molecular weight excluding hydrogens is 214 g/mol. The molecule has 2 heterocycles. The number of aryl methyl sites for hydroxylation is 2. The van der Waals surface area contributed by atoms with Crippen molar-refractivity contribution in [1.82, 2.24) is 24.5 Å². The van der Waals surface area contributed by atoms with Gasteiger partial charge in [-0.25, -0.2) is 9.67 Å². The maximum atomic E-state index is 5.62. The Labute approximate surface area is 92.7 Å². The molecule has 5 nitrogen and oxygen atoms in total. The third kappa shape index (κ3) is 2.36. The minimum Gasteiger partial charge on any atom is -0.336 e. The molecule has 2 aromatic rings. The molecule has 0 radical (unpaired) electrons. The molecule has 0 N–H and O–H groups in total. The molecule has 0 saturated heterocycles. The van der Waals surface area contributed by atoms with E-state index in [9.17, 15) is 0 Å². The summed E-state index contributed by atoms with van der Waals surface area (Å²) in [7, 11) is 1.96. The number of nitrogens with zero attached hydrogens (tertiary/aromatic N) is 5. The van der Waals surface area contributed by atoms with Gasteiger partial charge in [-0.1, -0.05) is 5.21 Å². The first-order valence-electron chi connectivity index (χ1n) is 4.70. The molecule has 0 spiro atoms. The van der Waals surface area contributed by atoms with Gasteiger partial charge in [-0.05, 0) is 0 Å². The molecule has 0 saturated carbocycles. The average molecular weight is 226 g/mol. The van der Waals surface area contributed by atoms with Crippen molar-refractivity contribution in [3.8, 4) is 0 Å². The van der Waals surface area contributed by atoms with Gasteiger partial charge in [0, 0.05) is 25.5 Å². The third-order valence-electron chi connectivity index (χ3n) is 2.18. The fourth-order valence-electron chi connectivity index (χ4n) is 1.33. The van der Waals surface area contributed by atoms with E-state index in [0.29, 0.717) is 12.4 Å². The number of imidazole rings is 1. The smallest absolute Gasteiger partial charge is 0.0946 e. The molecule has 15 heavy (non-hydrogen) atoms. The number of hydrogen-bond acceptors (Lipinski definition) is 3. The van der Waals surface area contributed by atoms with Crippen molar-refractivity contribution >= 4 is 11.6 Å². The van der Waals surface area contributed by atoms with E-state index in [-0.39, 0.29) is 0 Å². The Morgan fingerprint density at radius 3 is 3.00 bits per heavy atom. The highest BCUT2D eigenvalue weighted by Gasteiger charge is 2.03. The maximum Gasteiger partial charge on any atom is 0.0946 e. The van der Waals surface area contributed by atoms with Crippen molar-refractivity contribution in [2.75, 3.05) is 5.88 Å². The molecule has 2 aromatic heterocycles. The average Bonchev–Trinajstić information content (AvgIpc) is 2.79. The van der Waals surface area contributed by atoms with Crippen molar-refractivity contribution < 1.29 is 0 Å². The Morgan fingerprint density at radius 1 is 1.47 bits per heavy atom. The van der Waals surface area contributed by atoms with Crippen LogP contribution in [-0.2, 0) is 20.0 Å². The Balaban J connectivity index is 2.08. The second-order valence-corrected chi connectivity index (χ2v) is 3.72. The van der Waals surface area contributed by atoms with Gasteiger partial charge in [-0.2, -0.15) is 0 Å². The van der Waals surface area contributed by atoms with Gasteiger partial charge in [0.15, 0.2) is 0 Å². The van der Waals surface area contributed by atoms with Crippen LogP contribution in [0.2, 0.25) is 0 Å². The molecule has 0 aliphatic rings. The summed E-state index contributed by atoms with van der Waals surface area (Å²) in [5, 5.41) is 8.03. The topological polar surface area (TPSA) is 48.5 Å². The molecule has 0 fully saturated rings. The summed E-state index contributed by atoms with van der Waals surface area (Å²) < 4.78 is 3.75. The Hall–Kier alpha value is -1.36. The number of halogens is 1. The summed E-state index contributed by atoms with van der Waals surface area (Å²) in [5.41, 5.74) is 2.02. The van der Waals surface area contributed by atoms with E-state index in [1.165, 1.54) is 0 Å². The lowest BCUT2D eigenvalue weighted by Crippen LogP contribution is -2.04. The molecule has 0 bridgehead atoms. The van der Waals surface area contributed by atoms with Crippen LogP contribution in [0.1, 0.15) is 11.4 Å². The summed E-state index contributed by atoms with van der Waals surface area (Å²) >= 11 is 5.62. The third-order valence-corrected chi connectivity index (χ3v) is 2.37. The lowest BCUT2D eigenvalue weighted by molar-refractivity contribution is 0.620. The normalized spacial score (nSPS) is 10.8. The molecule has 0 aliphatic heterocycles. The predicted molar refractivity (Wildman–Crippen MR) is 56.8 cm³/mol. The maximum absolute atomic E-state index is 5.62. The van der Waals surface area contributed by atoms with Crippen LogP contribution < -0.4 is 0 Å². The molecule has 0 atom stereocenters. The quantitative estimate of drug-likeness (QED) is 0.725. The van der Waals surface area contributed by atoms with Crippen LogP contribution in [0.5, 0.6) is 0 Å². The van der Waals surface area contributed by atoms with Gasteiger partial charge in [-0.3, -0.25) is 0 Å². The summed E-state index contributed by atoms with van der Waals surface area (Å²) in [6.45, 7) is 0.686. The van der Waals surface area contributed by atoms with Gasteiger partial charge < -0.3 is 4.57 Å². The fourth-order valence-corrected chi connectivity index (χ4v) is 1.52. The Bertz CT molecular complexity index is 433. The van der Waals surface area contributed by atoms with Crippen molar-refractivity contribution in [3.63, 3.8) is 0 Å². The Kier molecular flexibility index (Phi) is 3.01. The first kappa shape index (κ1) is 10.2. The van der Waals surface area contributed by atoms with Gasteiger partial charge in [0.1, 0.15) is 0 Å². The zero-order valence-corrected chi connectivity index (χ0v) is 9.22. The van der Waals surface area contributed by atoms with Gasteiger partial charge in [-0.15, -0.1) is 16.7 Å². The van der Waals surface area contributed by atoms with Gasteiger partial charge in [0.25, 0.3) is 0 Å². The van der Waals surface area contributed by atoms with E-state index in [4.69, 9.17) is 11.6 Å². The SMILES string of the molecule is Cn1cncc1Cn1cc(CCCl)nn1. The lowest BCUT2D eigenvalue weighted by Gasteiger charge is -2.00. The van der Waals surface area contributed by atoms with Crippen LogP contribution in [0.3, 0.4) is 0 Å². The predicted octanol–water partition coefficient (Wildman–Crippen LogP) is 0.841. The number of rotatable bonds is 4. The van der Waals surface area contributed by atoms with E-state index in [2.05, 4.69) is 15.3 Å². The molecule has 6 heteroatoms. The summed E-state index contributed by atoms with van der Waals surface area (Å²) in [6, 6.07) is 0. The second kappa shape index (κ2) is 4.44. The standard InChI is InChI=1S/C9H12ClN5/c1-14-7-11-4-9(14)6-15-5-8(2-3-10)12-13-15/h4-5,7H,2-3,6H2,1H3. The Morgan fingerprint density at radius 2 is 2.33 bits per heavy atom. The lowest BCUT2D eigenvalue weighted by atomic mass is 10.4. The van der Waals surface area contributed by atoms with E-state index in [1.807, 2.05) is 24.0 Å². The van der Waals surface area contributed by atoms with E-state index >= 15 is 0 Å². The highest BCUT2D eigenvalue weighted by atomic mass is 35.5. The van der Waals surface area contributed by atoms with Crippen LogP contribution in [0.15, 0.2) is 18.7 Å². The molecule has 2 rings (SSSR count). The summed E-state index contributed by atoms with van der Waals surface area (Å²) in [5.74, 6) is 0.574. The first-order chi connectivity index (χ1) is 7.29. The number of hydrogen-bond donors (Lipinski definition) is 0. The van der Waals surface area contributed by atoms with Crippen LogP contribution in [0.4, 0.5) is 0 Å². The minimum absolute atomic E-state index is 0.574. The number of aromatic nitrogens is 5. The first-order valence-corrected chi connectivity index (χ1v) is 5.23. The molecule has 80 valence electrons. The monoisotopic (exact) mass is 225 g/mol. The van der Waals surface area contributed by atoms with Gasteiger partial charge >= 0.3 is 0 Å². The molecule has 0 unspecified atom stereocenters. The van der Waals surface area contributed by atoms with E-state index in [1.54, 1.807) is 11.0 Å². The minimum atomic E-state index is 0.574.